The third-order valence-corrected chi connectivity index (χ3v) is 8.17. The number of nitrogens with zero attached hydrogens (tertiary/aromatic N) is 1. The van der Waals surface area contributed by atoms with E-state index < -0.39 is 8.32 Å². The van der Waals surface area contributed by atoms with Gasteiger partial charge in [0.1, 0.15) is 0 Å². The molecule has 0 N–H and O–H groups in total. The molecule has 0 aliphatic heterocycles. The van der Waals surface area contributed by atoms with Crippen molar-refractivity contribution in [1.82, 2.24) is 4.98 Å². The van der Waals surface area contributed by atoms with E-state index in [1.807, 2.05) is 0 Å². The quantitative estimate of drug-likeness (QED) is 0.589. The van der Waals surface area contributed by atoms with Gasteiger partial charge in [0, 0.05) is 28.2 Å². The first-order chi connectivity index (χ1) is 7.63. The van der Waals surface area contributed by atoms with E-state index in [2.05, 4.69) is 68.0 Å². The summed E-state index contributed by atoms with van der Waals surface area (Å²) in [6.45, 7) is 15.6. The molecule has 1 heterocycles. The lowest BCUT2D eigenvalue weighted by atomic mass is 10.2. The molecule has 0 spiro atoms. The third kappa shape index (κ3) is 3.92. The maximum absolute atomic E-state index is 6.06. The number of hydrogen-bond acceptors (Lipinski definition) is 3. The second-order valence-electron chi connectivity index (χ2n) is 5.62. The van der Waals surface area contributed by atoms with Crippen molar-refractivity contribution in [3.63, 3.8) is 0 Å². The van der Waals surface area contributed by atoms with E-state index in [-0.39, 0.29) is 5.04 Å². The predicted molar refractivity (Wildman–Crippen MR) is 81.4 cm³/mol. The summed E-state index contributed by atoms with van der Waals surface area (Å²) < 4.78 is 12.2. The van der Waals surface area contributed by atoms with Crippen molar-refractivity contribution in [1.29, 1.82) is 0 Å². The molecule has 0 fully saturated rings. The summed E-state index contributed by atoms with van der Waals surface area (Å²) in [7, 11) is -1.73. The number of hydrogen-bond donors (Lipinski definition) is 0. The monoisotopic (exact) mass is 365 g/mol. The highest BCUT2D eigenvalue weighted by Gasteiger charge is 2.37. The van der Waals surface area contributed by atoms with Crippen LogP contribution in [0.15, 0.2) is 17.2 Å². The Morgan fingerprint density at radius 3 is 2.53 bits per heavy atom. The SMILES string of the molecule is C=C(CO[Si](C)(C)C(C)(C)C)c1ncc(I)o1. The molecule has 17 heavy (non-hydrogen) atoms. The Morgan fingerprint density at radius 2 is 2.12 bits per heavy atom. The molecule has 0 aromatic carbocycles. The molecule has 1 rings (SSSR count). The Hall–Kier alpha value is -0.143. The van der Waals surface area contributed by atoms with Gasteiger partial charge in [-0.3, -0.25) is 0 Å². The summed E-state index contributed by atoms with van der Waals surface area (Å²) in [5.74, 6) is 0.577. The van der Waals surface area contributed by atoms with E-state index >= 15 is 0 Å². The molecule has 0 radical (unpaired) electrons. The van der Waals surface area contributed by atoms with Crippen LogP contribution in [0.3, 0.4) is 0 Å². The van der Waals surface area contributed by atoms with Gasteiger partial charge in [0.05, 0.1) is 12.8 Å². The van der Waals surface area contributed by atoms with E-state index in [0.29, 0.717) is 12.5 Å². The zero-order valence-corrected chi connectivity index (χ0v) is 14.3. The van der Waals surface area contributed by atoms with Gasteiger partial charge < -0.3 is 8.84 Å². The first kappa shape index (κ1) is 14.9. The molecule has 0 amide bonds. The summed E-state index contributed by atoms with van der Waals surface area (Å²) in [6.07, 6.45) is 1.69. The number of halogens is 1. The van der Waals surface area contributed by atoms with Crippen molar-refractivity contribution in [3.8, 4) is 0 Å². The average molecular weight is 365 g/mol. The molecule has 1 aromatic heterocycles. The van der Waals surface area contributed by atoms with Crippen LogP contribution in [-0.4, -0.2) is 19.9 Å². The summed E-state index contributed by atoms with van der Waals surface area (Å²) in [4.78, 5) is 4.14. The molecule has 0 unspecified atom stereocenters. The van der Waals surface area contributed by atoms with Gasteiger partial charge in [0.15, 0.2) is 12.1 Å². The minimum absolute atomic E-state index is 0.207. The van der Waals surface area contributed by atoms with Crippen LogP contribution in [0.5, 0.6) is 0 Å². The van der Waals surface area contributed by atoms with Crippen molar-refractivity contribution in [2.45, 2.75) is 38.9 Å². The van der Waals surface area contributed by atoms with Gasteiger partial charge in [0.2, 0.25) is 5.89 Å². The number of oxazole rings is 1. The molecule has 3 nitrogen and oxygen atoms in total. The normalized spacial score (nSPS) is 12.8. The molecule has 0 atom stereocenters. The topological polar surface area (TPSA) is 35.3 Å². The van der Waals surface area contributed by atoms with Crippen LogP contribution in [0.4, 0.5) is 0 Å². The second-order valence-corrected chi connectivity index (χ2v) is 11.5. The van der Waals surface area contributed by atoms with E-state index in [9.17, 15) is 0 Å². The Labute approximate surface area is 118 Å². The summed E-state index contributed by atoms with van der Waals surface area (Å²) in [5.41, 5.74) is 0.803. The fourth-order valence-electron chi connectivity index (χ4n) is 0.964. The lowest BCUT2D eigenvalue weighted by Gasteiger charge is -2.36. The molecular weight excluding hydrogens is 345 g/mol. The van der Waals surface area contributed by atoms with Gasteiger partial charge in [0.25, 0.3) is 0 Å². The van der Waals surface area contributed by atoms with Crippen molar-refractivity contribution < 1.29 is 8.84 Å². The van der Waals surface area contributed by atoms with Gasteiger partial charge in [-0.1, -0.05) is 27.4 Å². The second kappa shape index (κ2) is 5.24. The fraction of sp³-hybridized carbons (Fsp3) is 0.583. The first-order valence-electron chi connectivity index (χ1n) is 5.57. The highest BCUT2D eigenvalue weighted by atomic mass is 127. The standard InChI is InChI=1S/C12H20INO2Si/c1-9(11-14-7-10(13)16-11)8-15-17(5,6)12(2,3)4/h7H,1,8H2,2-6H3. The molecule has 5 heteroatoms. The maximum atomic E-state index is 6.06. The van der Waals surface area contributed by atoms with E-state index in [0.717, 1.165) is 9.34 Å². The maximum Gasteiger partial charge on any atom is 0.225 e. The average Bonchev–Trinajstić information content (AvgIpc) is 2.59. The molecule has 96 valence electrons. The molecule has 0 aliphatic rings. The van der Waals surface area contributed by atoms with Gasteiger partial charge in [-0.15, -0.1) is 0 Å². The Balaban J connectivity index is 2.60. The van der Waals surface area contributed by atoms with E-state index in [1.165, 1.54) is 0 Å². The molecular formula is C12H20INO2Si. The number of aromatic nitrogens is 1. The minimum atomic E-state index is -1.73. The molecule has 1 aromatic rings. The zero-order valence-electron chi connectivity index (χ0n) is 11.1. The van der Waals surface area contributed by atoms with Crippen LogP contribution in [0.1, 0.15) is 26.7 Å². The third-order valence-electron chi connectivity index (χ3n) is 3.19. The van der Waals surface area contributed by atoms with Crippen LogP contribution in [-0.2, 0) is 4.43 Å². The summed E-state index contributed by atoms with van der Waals surface area (Å²) in [5, 5.41) is 0.207. The van der Waals surface area contributed by atoms with Gasteiger partial charge >= 0.3 is 0 Å². The van der Waals surface area contributed by atoms with Crippen LogP contribution in [0.2, 0.25) is 18.1 Å². The summed E-state index contributed by atoms with van der Waals surface area (Å²) in [6, 6.07) is 0. The van der Waals surface area contributed by atoms with E-state index in [1.54, 1.807) is 6.20 Å². The predicted octanol–water partition coefficient (Wildman–Crippen LogP) is 4.31. The van der Waals surface area contributed by atoms with Gasteiger partial charge in [-0.2, -0.15) is 0 Å². The lowest BCUT2D eigenvalue weighted by Crippen LogP contribution is -2.41. The van der Waals surface area contributed by atoms with Crippen molar-refractivity contribution in [2.75, 3.05) is 6.61 Å². The van der Waals surface area contributed by atoms with Crippen molar-refractivity contribution in [3.05, 3.63) is 22.4 Å². The molecule has 0 bridgehead atoms. The van der Waals surface area contributed by atoms with Crippen molar-refractivity contribution >= 4 is 36.5 Å². The highest BCUT2D eigenvalue weighted by molar-refractivity contribution is 14.1. The Bertz CT molecular complexity index is 407. The summed E-state index contributed by atoms with van der Waals surface area (Å²) >= 11 is 2.09. The molecule has 0 saturated heterocycles. The minimum Gasteiger partial charge on any atom is -0.431 e. The zero-order chi connectivity index (χ0) is 13.3. The van der Waals surface area contributed by atoms with E-state index in [4.69, 9.17) is 8.84 Å². The van der Waals surface area contributed by atoms with Gasteiger partial charge in [-0.25, -0.2) is 4.98 Å². The Morgan fingerprint density at radius 1 is 1.53 bits per heavy atom. The fourth-order valence-corrected chi connectivity index (χ4v) is 2.28. The first-order valence-corrected chi connectivity index (χ1v) is 9.55. The highest BCUT2D eigenvalue weighted by Crippen LogP contribution is 2.37. The van der Waals surface area contributed by atoms with Crippen molar-refractivity contribution in [2.24, 2.45) is 0 Å². The molecule has 0 aliphatic carbocycles. The Kier molecular flexibility index (Phi) is 4.59. The molecule has 0 saturated carbocycles. The van der Waals surface area contributed by atoms with Crippen LogP contribution in [0.25, 0.3) is 5.57 Å². The number of rotatable bonds is 4. The van der Waals surface area contributed by atoms with Crippen LogP contribution < -0.4 is 0 Å². The largest absolute Gasteiger partial charge is 0.431 e. The lowest BCUT2D eigenvalue weighted by molar-refractivity contribution is 0.330. The smallest absolute Gasteiger partial charge is 0.225 e. The van der Waals surface area contributed by atoms with Crippen LogP contribution >= 0.6 is 22.6 Å². The van der Waals surface area contributed by atoms with Crippen LogP contribution in [0, 0.1) is 3.77 Å². The van der Waals surface area contributed by atoms with Gasteiger partial charge in [-0.05, 0) is 18.1 Å².